The second kappa shape index (κ2) is 14.6. The molecule has 3 N–H and O–H groups in total. The molecule has 2 saturated heterocycles. The van der Waals surface area contributed by atoms with E-state index in [2.05, 4.69) is 13.2 Å². The van der Waals surface area contributed by atoms with Crippen molar-refractivity contribution >= 4 is 35.6 Å². The maximum absolute atomic E-state index is 13.1. The van der Waals surface area contributed by atoms with Crippen molar-refractivity contribution in [1.29, 1.82) is 0 Å². The molecule has 42 heavy (non-hydrogen) atoms. The van der Waals surface area contributed by atoms with Crippen molar-refractivity contribution in [2.24, 2.45) is 17.6 Å². The summed E-state index contributed by atoms with van der Waals surface area (Å²) in [5.41, 5.74) is 5.50. The van der Waals surface area contributed by atoms with E-state index in [-0.39, 0.29) is 78.6 Å². The third-order valence-electron chi connectivity index (χ3n) is 7.67. The molecule has 230 valence electrons. The SMILES string of the molecule is C=CCOC(=O)C1=C(S[C@H]2C[C@@H](CCn3cc[n+](CC(N)=O)c3)N(C(=O)OCC=C)C2)[C@H](C)[C@@H]2[C@@H]([C@@H](C)O)C(=O)N12.[I-]. The summed E-state index contributed by atoms with van der Waals surface area (Å²) in [5, 5.41) is 10.2. The second-order valence-corrected chi connectivity index (χ2v) is 11.9. The molecule has 0 aliphatic carbocycles. The van der Waals surface area contributed by atoms with E-state index in [1.54, 1.807) is 28.9 Å². The van der Waals surface area contributed by atoms with Crippen molar-refractivity contribution in [3.05, 3.63) is 54.6 Å². The summed E-state index contributed by atoms with van der Waals surface area (Å²) < 4.78 is 14.3. The number of amides is 3. The van der Waals surface area contributed by atoms with Gasteiger partial charge in [0.05, 0.1) is 24.6 Å². The largest absolute Gasteiger partial charge is 1.00 e. The Hall–Kier alpha value is -2.85. The van der Waals surface area contributed by atoms with Crippen LogP contribution in [0.15, 0.2) is 54.6 Å². The Labute approximate surface area is 266 Å². The van der Waals surface area contributed by atoms with Crippen LogP contribution >= 0.6 is 11.8 Å². The van der Waals surface area contributed by atoms with E-state index < -0.39 is 30.0 Å². The van der Waals surface area contributed by atoms with Crippen molar-refractivity contribution in [3.63, 3.8) is 0 Å². The Morgan fingerprint density at radius 2 is 1.95 bits per heavy atom. The third kappa shape index (κ3) is 7.02. The van der Waals surface area contributed by atoms with E-state index in [1.165, 1.54) is 28.8 Å². The quantitative estimate of drug-likeness (QED) is 0.0781. The number of rotatable bonds is 13. The maximum atomic E-state index is 13.1. The van der Waals surface area contributed by atoms with Crippen LogP contribution in [-0.4, -0.2) is 86.5 Å². The lowest BCUT2D eigenvalue weighted by Crippen LogP contribution is -3.00. The van der Waals surface area contributed by atoms with Crippen LogP contribution in [0.3, 0.4) is 0 Å². The lowest BCUT2D eigenvalue weighted by molar-refractivity contribution is -0.683. The number of primary amides is 1. The number of imidazole rings is 1. The molecule has 1 aromatic heterocycles. The number of ether oxygens (including phenoxy) is 2. The number of aliphatic hydroxyl groups is 1. The minimum absolute atomic E-state index is 0. The van der Waals surface area contributed by atoms with E-state index in [0.717, 1.165) is 4.91 Å². The van der Waals surface area contributed by atoms with Crippen LogP contribution < -0.4 is 34.3 Å². The van der Waals surface area contributed by atoms with Crippen LogP contribution in [0.1, 0.15) is 26.7 Å². The first kappa shape index (κ1) is 33.6. The summed E-state index contributed by atoms with van der Waals surface area (Å²) >= 11 is 1.48. The van der Waals surface area contributed by atoms with Crippen LogP contribution in [0.5, 0.6) is 0 Å². The van der Waals surface area contributed by atoms with Crippen LogP contribution in [0, 0.1) is 11.8 Å². The smallest absolute Gasteiger partial charge is 0.410 e. The third-order valence-corrected chi connectivity index (χ3v) is 9.16. The first-order chi connectivity index (χ1) is 19.6. The number of halogens is 1. The highest BCUT2D eigenvalue weighted by molar-refractivity contribution is 8.03. The summed E-state index contributed by atoms with van der Waals surface area (Å²) in [6.45, 7) is 11.9. The summed E-state index contributed by atoms with van der Waals surface area (Å²) in [5.74, 6) is -2.12. The Balaban J connectivity index is 0.00000484. The molecule has 0 spiro atoms. The molecule has 4 heterocycles. The summed E-state index contributed by atoms with van der Waals surface area (Å²) in [6, 6.07) is -0.475. The van der Waals surface area contributed by atoms with Gasteiger partial charge in [-0.2, -0.15) is 0 Å². The van der Waals surface area contributed by atoms with Gasteiger partial charge in [0.15, 0.2) is 6.54 Å². The second-order valence-electron chi connectivity index (χ2n) is 10.6. The maximum Gasteiger partial charge on any atom is 0.410 e. The number of aliphatic hydroxyl groups excluding tert-OH is 1. The van der Waals surface area contributed by atoms with E-state index >= 15 is 0 Å². The topological polar surface area (TPSA) is 148 Å². The number of nitrogens with zero attached hydrogens (tertiary/aromatic N) is 4. The van der Waals surface area contributed by atoms with Crippen molar-refractivity contribution < 1.29 is 62.3 Å². The number of nitrogens with two attached hydrogens (primary N) is 1. The Morgan fingerprint density at radius 1 is 1.26 bits per heavy atom. The lowest BCUT2D eigenvalue weighted by atomic mass is 9.79. The molecule has 6 atom stereocenters. The molecular weight excluding hydrogens is 677 g/mol. The monoisotopic (exact) mass is 715 g/mol. The highest BCUT2D eigenvalue weighted by Crippen LogP contribution is 2.52. The molecule has 0 radical (unpaired) electrons. The zero-order valence-electron chi connectivity index (χ0n) is 23.8. The van der Waals surface area contributed by atoms with Crippen LogP contribution in [-0.2, 0) is 36.9 Å². The Kier molecular flexibility index (Phi) is 11.7. The minimum Gasteiger partial charge on any atom is -1.00 e. The molecule has 1 aromatic rings. The van der Waals surface area contributed by atoms with Crippen LogP contribution in [0.2, 0.25) is 0 Å². The normalized spacial score (nSPS) is 25.3. The molecule has 0 saturated carbocycles. The fourth-order valence-corrected chi connectivity index (χ4v) is 7.42. The van der Waals surface area contributed by atoms with E-state index in [1.807, 2.05) is 17.7 Å². The van der Waals surface area contributed by atoms with Crippen LogP contribution in [0.25, 0.3) is 0 Å². The van der Waals surface area contributed by atoms with Gasteiger partial charge in [-0.15, -0.1) is 11.8 Å². The molecule has 3 aliphatic heterocycles. The predicted molar refractivity (Wildman–Crippen MR) is 150 cm³/mol. The van der Waals surface area contributed by atoms with Crippen molar-refractivity contribution in [2.45, 2.75) is 63.2 Å². The fraction of sp³-hybridized carbons (Fsp3) is 0.536. The zero-order valence-corrected chi connectivity index (χ0v) is 26.7. The molecule has 14 heteroatoms. The number of β-lactam (4-membered cyclic amide) rings is 1. The number of hydrogen-bond acceptors (Lipinski definition) is 8. The molecule has 12 nitrogen and oxygen atoms in total. The number of hydrogen-bond donors (Lipinski definition) is 2. The van der Waals surface area contributed by atoms with Gasteiger partial charge in [-0.1, -0.05) is 32.2 Å². The predicted octanol–water partition coefficient (Wildman–Crippen LogP) is -2.05. The van der Waals surface area contributed by atoms with E-state index in [0.29, 0.717) is 25.9 Å². The molecule has 4 rings (SSSR count). The van der Waals surface area contributed by atoms with Gasteiger partial charge in [-0.3, -0.25) is 9.59 Å². The van der Waals surface area contributed by atoms with Crippen LogP contribution in [0.4, 0.5) is 4.79 Å². The molecule has 3 amide bonds. The van der Waals surface area contributed by atoms with Gasteiger partial charge in [0.2, 0.25) is 12.2 Å². The van der Waals surface area contributed by atoms with Gasteiger partial charge < -0.3 is 54.1 Å². The number of fused-ring (bicyclic) bond motifs is 1. The standard InChI is InChI=1S/C28H37N5O7S.HI/c1-5-11-39-27(37)24-25(17(3)23-22(18(4)34)26(36)33(23)24)41-20-13-19(32(14-20)28(38)40-12-6-2)7-8-30-9-10-31(16-30)15-21(29)35;/h5-6,9-10,16-20,22-23,34H,1-2,7-8,11-15H2,3-4H3,(H-,29,35);1H/t17-,18-,19-,20+,22-,23-;/m1./s1. The molecule has 3 aliphatic rings. The van der Waals surface area contributed by atoms with Crippen molar-refractivity contribution in [3.8, 4) is 0 Å². The highest BCUT2D eigenvalue weighted by Gasteiger charge is 2.60. The fourth-order valence-electron chi connectivity index (χ4n) is 5.86. The average molecular weight is 716 g/mol. The van der Waals surface area contributed by atoms with Gasteiger partial charge in [0.1, 0.15) is 31.3 Å². The first-order valence-corrected chi connectivity index (χ1v) is 14.5. The summed E-state index contributed by atoms with van der Waals surface area (Å²) in [4.78, 5) is 54.2. The van der Waals surface area contributed by atoms with Gasteiger partial charge in [0, 0.05) is 35.1 Å². The molecule has 0 aromatic carbocycles. The average Bonchev–Trinajstić information content (AvgIpc) is 3.60. The zero-order chi connectivity index (χ0) is 29.8. The van der Waals surface area contributed by atoms with Crippen molar-refractivity contribution in [2.75, 3.05) is 19.8 Å². The summed E-state index contributed by atoms with van der Waals surface area (Å²) in [7, 11) is 0. The first-order valence-electron chi connectivity index (χ1n) is 13.6. The molecule has 0 bridgehead atoms. The lowest BCUT2D eigenvalue weighted by Gasteiger charge is -2.46. The minimum atomic E-state index is -0.845. The number of likely N-dealkylation sites (tertiary alicyclic amines) is 1. The highest BCUT2D eigenvalue weighted by atomic mass is 127. The van der Waals surface area contributed by atoms with Gasteiger partial charge in [-0.25, -0.2) is 18.7 Å². The number of thioether (sulfide) groups is 1. The molecule has 0 unspecified atom stereocenters. The number of aromatic nitrogens is 2. The number of esters is 1. The Bertz CT molecular complexity index is 1250. The molecular formula is C28H38IN5O7S. The number of carbonyl (C=O) groups is 4. The van der Waals surface area contributed by atoms with Gasteiger partial charge in [-0.05, 0) is 13.3 Å². The number of carbonyl (C=O) groups excluding carboxylic acids is 4. The Morgan fingerprint density at radius 3 is 2.60 bits per heavy atom. The summed E-state index contributed by atoms with van der Waals surface area (Å²) in [6.07, 6.45) is 8.36. The molecule has 2 fully saturated rings. The number of aryl methyl sites for hydroxylation is 1. The van der Waals surface area contributed by atoms with Gasteiger partial charge in [0.25, 0.3) is 5.91 Å². The van der Waals surface area contributed by atoms with E-state index in [9.17, 15) is 24.3 Å². The van der Waals surface area contributed by atoms with Gasteiger partial charge >= 0.3 is 12.1 Å². The van der Waals surface area contributed by atoms with Crippen molar-refractivity contribution in [1.82, 2.24) is 14.4 Å². The van der Waals surface area contributed by atoms with E-state index in [4.69, 9.17) is 15.2 Å².